The average molecular weight is 222 g/mol. The Labute approximate surface area is 95.2 Å². The van der Waals surface area contributed by atoms with Crippen LogP contribution in [0.15, 0.2) is 6.07 Å². The molecule has 16 heavy (non-hydrogen) atoms. The van der Waals surface area contributed by atoms with Crippen molar-refractivity contribution in [2.24, 2.45) is 0 Å². The van der Waals surface area contributed by atoms with Crippen molar-refractivity contribution < 1.29 is 4.79 Å². The van der Waals surface area contributed by atoms with E-state index >= 15 is 0 Å². The van der Waals surface area contributed by atoms with Crippen LogP contribution < -0.4 is 5.73 Å². The van der Waals surface area contributed by atoms with E-state index in [1.807, 2.05) is 11.8 Å². The molecule has 5 nitrogen and oxygen atoms in total. The number of aromatic nitrogens is 2. The lowest BCUT2D eigenvalue weighted by atomic mass is 10.3. The van der Waals surface area contributed by atoms with E-state index in [1.165, 1.54) is 0 Å². The lowest BCUT2D eigenvalue weighted by Crippen LogP contribution is -2.29. The third-order valence-corrected chi connectivity index (χ3v) is 2.95. The van der Waals surface area contributed by atoms with Crippen molar-refractivity contribution in [3.8, 4) is 0 Å². The molecular weight excluding hydrogens is 204 g/mol. The topological polar surface area (TPSA) is 64.2 Å². The monoisotopic (exact) mass is 222 g/mol. The molecule has 0 radical (unpaired) electrons. The van der Waals surface area contributed by atoms with Gasteiger partial charge in [-0.3, -0.25) is 9.48 Å². The summed E-state index contributed by atoms with van der Waals surface area (Å²) in [6.45, 7) is 4.50. The van der Waals surface area contributed by atoms with Crippen molar-refractivity contribution in [2.45, 2.75) is 32.7 Å². The van der Waals surface area contributed by atoms with Crippen LogP contribution in [0, 0.1) is 0 Å². The van der Waals surface area contributed by atoms with Crippen molar-refractivity contribution in [3.05, 3.63) is 11.8 Å². The quantitative estimate of drug-likeness (QED) is 0.816. The second kappa shape index (κ2) is 4.55. The maximum Gasteiger partial charge on any atom is 0.228 e. The van der Waals surface area contributed by atoms with Gasteiger partial charge >= 0.3 is 0 Å². The van der Waals surface area contributed by atoms with Crippen LogP contribution in [0.2, 0.25) is 0 Å². The zero-order chi connectivity index (χ0) is 11.5. The van der Waals surface area contributed by atoms with Crippen LogP contribution in [0.1, 0.15) is 25.5 Å². The van der Waals surface area contributed by atoms with E-state index in [0.717, 1.165) is 38.2 Å². The number of carbonyl (C=O) groups excluding carboxylic acids is 1. The minimum absolute atomic E-state index is 0.165. The Bertz CT molecular complexity index is 379. The first kappa shape index (κ1) is 11.0. The molecule has 1 aromatic rings. The van der Waals surface area contributed by atoms with Crippen molar-refractivity contribution in [3.63, 3.8) is 0 Å². The maximum absolute atomic E-state index is 11.9. The average Bonchev–Trinajstić information content (AvgIpc) is 2.87. The summed E-state index contributed by atoms with van der Waals surface area (Å²) in [4.78, 5) is 13.8. The van der Waals surface area contributed by atoms with Gasteiger partial charge in [-0.1, -0.05) is 0 Å². The third-order valence-electron chi connectivity index (χ3n) is 2.95. The predicted molar refractivity (Wildman–Crippen MR) is 61.8 cm³/mol. The lowest BCUT2D eigenvalue weighted by molar-refractivity contribution is -0.129. The molecule has 5 heteroatoms. The summed E-state index contributed by atoms with van der Waals surface area (Å²) in [5, 5.41) is 4.28. The SMILES string of the molecule is CCn1nc(CC(=O)N2CCCC2)cc1N. The van der Waals surface area contributed by atoms with E-state index in [9.17, 15) is 4.79 Å². The molecule has 0 spiro atoms. The summed E-state index contributed by atoms with van der Waals surface area (Å²) in [5.74, 6) is 0.796. The molecule has 1 aromatic heterocycles. The molecule has 0 aromatic carbocycles. The molecule has 2 rings (SSSR count). The molecular formula is C11H18N4O. The van der Waals surface area contributed by atoms with Gasteiger partial charge in [0.25, 0.3) is 0 Å². The molecule has 0 atom stereocenters. The van der Waals surface area contributed by atoms with E-state index in [4.69, 9.17) is 5.73 Å². The summed E-state index contributed by atoms with van der Waals surface area (Å²) in [6.07, 6.45) is 2.62. The molecule has 1 saturated heterocycles. The number of nitrogens with zero attached hydrogens (tertiary/aromatic N) is 3. The number of aryl methyl sites for hydroxylation is 1. The van der Waals surface area contributed by atoms with Gasteiger partial charge < -0.3 is 10.6 Å². The molecule has 1 amide bonds. The first-order valence-corrected chi connectivity index (χ1v) is 5.80. The number of amides is 1. The molecule has 0 bridgehead atoms. The summed E-state index contributed by atoms with van der Waals surface area (Å²) in [7, 11) is 0. The zero-order valence-electron chi connectivity index (χ0n) is 9.65. The second-order valence-corrected chi connectivity index (χ2v) is 4.14. The van der Waals surface area contributed by atoms with Gasteiger partial charge in [0.2, 0.25) is 5.91 Å². The number of likely N-dealkylation sites (tertiary alicyclic amines) is 1. The highest BCUT2D eigenvalue weighted by Gasteiger charge is 2.19. The van der Waals surface area contributed by atoms with Crippen molar-refractivity contribution in [2.75, 3.05) is 18.8 Å². The standard InChI is InChI=1S/C11H18N4O/c1-2-15-10(12)7-9(13-15)8-11(16)14-5-3-4-6-14/h7H,2-6,8,12H2,1H3. The molecule has 1 fully saturated rings. The minimum atomic E-state index is 0.165. The highest BCUT2D eigenvalue weighted by molar-refractivity contribution is 5.78. The van der Waals surface area contributed by atoms with Gasteiger partial charge in [-0.2, -0.15) is 5.10 Å². The normalized spacial score (nSPS) is 15.7. The minimum Gasteiger partial charge on any atom is -0.384 e. The van der Waals surface area contributed by atoms with E-state index in [-0.39, 0.29) is 5.91 Å². The fourth-order valence-electron chi connectivity index (χ4n) is 2.06. The summed E-state index contributed by atoms with van der Waals surface area (Å²) >= 11 is 0. The first-order valence-electron chi connectivity index (χ1n) is 5.80. The van der Waals surface area contributed by atoms with Crippen LogP contribution in [0.4, 0.5) is 5.82 Å². The molecule has 0 saturated carbocycles. The Kier molecular flexibility index (Phi) is 3.12. The number of nitrogens with two attached hydrogens (primary N) is 1. The van der Waals surface area contributed by atoms with Gasteiger partial charge in [-0.05, 0) is 19.8 Å². The van der Waals surface area contributed by atoms with E-state index in [1.54, 1.807) is 10.7 Å². The van der Waals surface area contributed by atoms with Crippen LogP contribution in [-0.4, -0.2) is 33.7 Å². The van der Waals surface area contributed by atoms with Gasteiger partial charge in [0.15, 0.2) is 0 Å². The highest BCUT2D eigenvalue weighted by atomic mass is 16.2. The van der Waals surface area contributed by atoms with Gasteiger partial charge in [0.05, 0.1) is 12.1 Å². The van der Waals surface area contributed by atoms with Crippen LogP contribution in [0.25, 0.3) is 0 Å². The van der Waals surface area contributed by atoms with E-state index in [0.29, 0.717) is 12.2 Å². The van der Waals surface area contributed by atoms with E-state index in [2.05, 4.69) is 5.10 Å². The molecule has 88 valence electrons. The maximum atomic E-state index is 11.9. The second-order valence-electron chi connectivity index (χ2n) is 4.14. The Morgan fingerprint density at radius 1 is 1.50 bits per heavy atom. The Morgan fingerprint density at radius 3 is 2.75 bits per heavy atom. The molecule has 2 heterocycles. The van der Waals surface area contributed by atoms with Crippen LogP contribution in [0.3, 0.4) is 0 Å². The van der Waals surface area contributed by atoms with Gasteiger partial charge in [-0.25, -0.2) is 0 Å². The molecule has 0 aliphatic carbocycles. The fourth-order valence-corrected chi connectivity index (χ4v) is 2.06. The molecule has 0 unspecified atom stereocenters. The number of hydrogen-bond acceptors (Lipinski definition) is 3. The highest BCUT2D eigenvalue weighted by Crippen LogP contribution is 2.12. The number of anilines is 1. The molecule has 2 N–H and O–H groups in total. The fraction of sp³-hybridized carbons (Fsp3) is 0.636. The van der Waals surface area contributed by atoms with Crippen LogP contribution in [-0.2, 0) is 17.8 Å². The molecule has 1 aliphatic rings. The number of rotatable bonds is 3. The first-order chi connectivity index (χ1) is 7.70. The Morgan fingerprint density at radius 2 is 2.19 bits per heavy atom. The van der Waals surface area contributed by atoms with Gasteiger partial charge in [-0.15, -0.1) is 0 Å². The van der Waals surface area contributed by atoms with Crippen molar-refractivity contribution in [1.82, 2.24) is 14.7 Å². The smallest absolute Gasteiger partial charge is 0.228 e. The third kappa shape index (κ3) is 2.18. The van der Waals surface area contributed by atoms with Gasteiger partial charge in [0.1, 0.15) is 5.82 Å². The lowest BCUT2D eigenvalue weighted by Gasteiger charge is -2.13. The van der Waals surface area contributed by atoms with Gasteiger partial charge in [0, 0.05) is 25.7 Å². The number of carbonyl (C=O) groups is 1. The Hall–Kier alpha value is -1.52. The number of hydrogen-bond donors (Lipinski definition) is 1. The predicted octanol–water partition coefficient (Wildman–Crippen LogP) is 0.650. The zero-order valence-corrected chi connectivity index (χ0v) is 9.65. The van der Waals surface area contributed by atoms with Crippen molar-refractivity contribution >= 4 is 11.7 Å². The number of nitrogen functional groups attached to an aromatic ring is 1. The summed E-state index contributed by atoms with van der Waals surface area (Å²) in [5.41, 5.74) is 6.53. The summed E-state index contributed by atoms with van der Waals surface area (Å²) < 4.78 is 1.71. The summed E-state index contributed by atoms with van der Waals surface area (Å²) in [6, 6.07) is 1.79. The Balaban J connectivity index is 1.99. The largest absolute Gasteiger partial charge is 0.384 e. The van der Waals surface area contributed by atoms with Crippen LogP contribution in [0.5, 0.6) is 0 Å². The molecule has 1 aliphatic heterocycles. The van der Waals surface area contributed by atoms with Crippen molar-refractivity contribution in [1.29, 1.82) is 0 Å². The van der Waals surface area contributed by atoms with Crippen LogP contribution >= 0.6 is 0 Å². The van der Waals surface area contributed by atoms with E-state index < -0.39 is 0 Å².